The largest absolute Gasteiger partial charge is 0.287 e. The molecule has 0 radical (unpaired) electrons. The fraction of sp³-hybridized carbons (Fsp3) is 0.250. The zero-order chi connectivity index (χ0) is 18.9. The molecule has 2 heterocycles. The predicted octanol–water partition coefficient (Wildman–Crippen LogP) is 6.08. The van der Waals surface area contributed by atoms with Crippen LogP contribution in [0.25, 0.3) is 32.9 Å². The van der Waals surface area contributed by atoms with Gasteiger partial charge < -0.3 is 0 Å². The van der Waals surface area contributed by atoms with Gasteiger partial charge in [0.15, 0.2) is 5.52 Å². The molecule has 0 bridgehead atoms. The van der Waals surface area contributed by atoms with Crippen molar-refractivity contribution in [3.05, 3.63) is 59.4 Å². The van der Waals surface area contributed by atoms with E-state index < -0.39 is 0 Å². The molecule has 134 valence electrons. The standard InChI is InChI=1S/C24H23N2S/c1-13(2)16-10-19-22-20(11-16)27-24-15(4)18-9-7-6-8-17(18)14(3)21(24)23(22)26(5)12-25-19/h6-13H,1-5H3/q+1. The second-order valence-electron chi connectivity index (χ2n) is 7.87. The third-order valence-electron chi connectivity index (χ3n) is 5.86. The van der Waals surface area contributed by atoms with E-state index in [-0.39, 0.29) is 0 Å². The third kappa shape index (κ3) is 2.28. The normalized spacial score (nSPS) is 12.8. The first-order valence-corrected chi connectivity index (χ1v) is 10.3. The van der Waals surface area contributed by atoms with Gasteiger partial charge in [-0.05, 0) is 64.3 Å². The Balaban J connectivity index is 1.98. The highest BCUT2D eigenvalue weighted by atomic mass is 32.2. The SMILES string of the molecule is Cc1c2c(c(C)c3ccccc13)-c1c3c(cc(C(C)C)cc3nc[n+]1C)S2. The highest BCUT2D eigenvalue weighted by Gasteiger charge is 2.30. The maximum absolute atomic E-state index is 4.76. The maximum atomic E-state index is 4.76. The summed E-state index contributed by atoms with van der Waals surface area (Å²) in [6.07, 6.45) is 1.97. The Hall–Kier alpha value is -2.39. The topological polar surface area (TPSA) is 16.8 Å². The molecule has 0 amide bonds. The molecule has 3 heteroatoms. The van der Waals surface area contributed by atoms with Gasteiger partial charge in [0, 0.05) is 15.4 Å². The first kappa shape index (κ1) is 16.8. The van der Waals surface area contributed by atoms with Crippen molar-refractivity contribution < 1.29 is 4.57 Å². The van der Waals surface area contributed by atoms with E-state index in [0.717, 1.165) is 5.52 Å². The molecule has 0 aliphatic carbocycles. The van der Waals surface area contributed by atoms with Gasteiger partial charge in [0.05, 0.1) is 12.4 Å². The Morgan fingerprint density at radius 3 is 2.41 bits per heavy atom. The zero-order valence-electron chi connectivity index (χ0n) is 16.4. The van der Waals surface area contributed by atoms with Crippen LogP contribution in [-0.4, -0.2) is 4.98 Å². The molecule has 0 N–H and O–H groups in total. The van der Waals surface area contributed by atoms with E-state index in [9.17, 15) is 0 Å². The third-order valence-corrected chi connectivity index (χ3v) is 7.11. The summed E-state index contributed by atoms with van der Waals surface area (Å²) in [6.45, 7) is 9.04. The number of hydrogen-bond acceptors (Lipinski definition) is 2. The molecule has 1 aromatic heterocycles. The smallest absolute Gasteiger partial charge is 0.232 e. The molecule has 4 aromatic rings. The molecule has 0 unspecified atom stereocenters. The van der Waals surface area contributed by atoms with Crippen molar-refractivity contribution >= 4 is 33.4 Å². The Kier molecular flexibility index (Phi) is 3.60. The molecule has 5 rings (SSSR count). The minimum Gasteiger partial charge on any atom is -0.232 e. The monoisotopic (exact) mass is 371 g/mol. The summed E-state index contributed by atoms with van der Waals surface area (Å²) in [4.78, 5) is 7.49. The van der Waals surface area contributed by atoms with Crippen LogP contribution in [0.1, 0.15) is 36.5 Å². The summed E-state index contributed by atoms with van der Waals surface area (Å²) in [6, 6.07) is 13.4. The Morgan fingerprint density at radius 2 is 1.70 bits per heavy atom. The lowest BCUT2D eigenvalue weighted by molar-refractivity contribution is -0.662. The molecule has 3 aromatic carbocycles. The van der Waals surface area contributed by atoms with Gasteiger partial charge >= 0.3 is 0 Å². The molecule has 0 saturated carbocycles. The maximum Gasteiger partial charge on any atom is 0.287 e. The number of rotatable bonds is 1. The number of nitrogens with zero attached hydrogens (tertiary/aromatic N) is 2. The van der Waals surface area contributed by atoms with Crippen molar-refractivity contribution in [1.82, 2.24) is 4.98 Å². The zero-order valence-corrected chi connectivity index (χ0v) is 17.2. The van der Waals surface area contributed by atoms with E-state index in [1.807, 2.05) is 18.1 Å². The first-order chi connectivity index (χ1) is 13.0. The molecule has 0 fully saturated rings. The number of hydrogen-bond donors (Lipinski definition) is 0. The summed E-state index contributed by atoms with van der Waals surface area (Å²) in [7, 11) is 2.12. The van der Waals surface area contributed by atoms with Crippen LogP contribution in [0.15, 0.2) is 52.5 Å². The van der Waals surface area contributed by atoms with Crippen LogP contribution in [0.4, 0.5) is 0 Å². The number of aryl methyl sites for hydroxylation is 3. The summed E-state index contributed by atoms with van der Waals surface area (Å²) in [5.41, 5.74) is 7.87. The van der Waals surface area contributed by atoms with Gasteiger partial charge in [-0.3, -0.25) is 0 Å². The van der Waals surface area contributed by atoms with Gasteiger partial charge in [-0.15, -0.1) is 0 Å². The van der Waals surface area contributed by atoms with Crippen LogP contribution < -0.4 is 4.57 Å². The van der Waals surface area contributed by atoms with Crippen molar-refractivity contribution in [2.75, 3.05) is 0 Å². The van der Waals surface area contributed by atoms with Crippen LogP contribution in [0, 0.1) is 13.8 Å². The lowest BCUT2D eigenvalue weighted by atomic mass is 9.91. The lowest BCUT2D eigenvalue weighted by Crippen LogP contribution is -2.33. The average Bonchev–Trinajstić information content (AvgIpc) is 2.67. The quantitative estimate of drug-likeness (QED) is 0.332. The van der Waals surface area contributed by atoms with Crippen molar-refractivity contribution in [3.8, 4) is 11.3 Å². The van der Waals surface area contributed by atoms with E-state index in [4.69, 9.17) is 4.98 Å². The van der Waals surface area contributed by atoms with Gasteiger partial charge in [0.25, 0.3) is 6.33 Å². The van der Waals surface area contributed by atoms with E-state index in [1.54, 1.807) is 0 Å². The van der Waals surface area contributed by atoms with Crippen molar-refractivity contribution in [1.29, 1.82) is 0 Å². The number of aromatic nitrogens is 2. The Labute approximate surface area is 164 Å². The molecule has 0 saturated heterocycles. The van der Waals surface area contributed by atoms with Gasteiger partial charge in [-0.2, -0.15) is 0 Å². The van der Waals surface area contributed by atoms with Gasteiger partial charge in [0.1, 0.15) is 5.69 Å². The lowest BCUT2D eigenvalue weighted by Gasteiger charge is -2.24. The van der Waals surface area contributed by atoms with Gasteiger partial charge in [0.2, 0.25) is 0 Å². The van der Waals surface area contributed by atoms with E-state index in [0.29, 0.717) is 5.92 Å². The minimum atomic E-state index is 0.492. The van der Waals surface area contributed by atoms with E-state index in [2.05, 4.69) is 75.7 Å². The number of fused-ring (bicyclic) bond motifs is 3. The summed E-state index contributed by atoms with van der Waals surface area (Å²) >= 11 is 1.92. The second-order valence-corrected chi connectivity index (χ2v) is 8.93. The molecule has 0 spiro atoms. The Bertz CT molecular complexity index is 1250. The Morgan fingerprint density at radius 1 is 1.00 bits per heavy atom. The fourth-order valence-electron chi connectivity index (χ4n) is 4.33. The van der Waals surface area contributed by atoms with Crippen LogP contribution in [0.2, 0.25) is 0 Å². The summed E-state index contributed by atoms with van der Waals surface area (Å²) in [5, 5.41) is 4.00. The second kappa shape index (κ2) is 5.80. The highest BCUT2D eigenvalue weighted by Crippen LogP contribution is 2.51. The predicted molar refractivity (Wildman–Crippen MR) is 114 cm³/mol. The van der Waals surface area contributed by atoms with Crippen molar-refractivity contribution in [2.45, 2.75) is 43.4 Å². The minimum absolute atomic E-state index is 0.492. The number of benzene rings is 3. The van der Waals surface area contributed by atoms with E-state index in [1.165, 1.54) is 53.9 Å². The first-order valence-electron chi connectivity index (χ1n) is 9.49. The van der Waals surface area contributed by atoms with E-state index >= 15 is 0 Å². The molecular weight excluding hydrogens is 348 g/mol. The van der Waals surface area contributed by atoms with Crippen LogP contribution in [0.5, 0.6) is 0 Å². The van der Waals surface area contributed by atoms with Crippen molar-refractivity contribution in [3.63, 3.8) is 0 Å². The van der Waals surface area contributed by atoms with Gasteiger partial charge in [-0.25, -0.2) is 4.57 Å². The molecular formula is C24H23N2S+. The van der Waals surface area contributed by atoms with Gasteiger partial charge in [-0.1, -0.05) is 49.9 Å². The fourth-order valence-corrected chi connectivity index (χ4v) is 5.67. The van der Waals surface area contributed by atoms with Crippen LogP contribution in [0.3, 0.4) is 0 Å². The summed E-state index contributed by atoms with van der Waals surface area (Å²) < 4.78 is 2.20. The highest BCUT2D eigenvalue weighted by molar-refractivity contribution is 7.99. The molecule has 0 atom stereocenters. The van der Waals surface area contributed by atoms with Crippen LogP contribution >= 0.6 is 11.8 Å². The molecule has 27 heavy (non-hydrogen) atoms. The van der Waals surface area contributed by atoms with Crippen molar-refractivity contribution in [2.24, 2.45) is 7.05 Å². The average molecular weight is 372 g/mol. The molecule has 1 aliphatic rings. The summed E-state index contributed by atoms with van der Waals surface area (Å²) in [5.74, 6) is 0.492. The molecule has 2 nitrogen and oxygen atoms in total. The molecule has 1 aliphatic heterocycles. The van der Waals surface area contributed by atoms with Crippen LogP contribution in [-0.2, 0) is 7.05 Å².